The SMILES string of the molecule is CC(c1ccc2c(c1)C(=O)N(c1c(Br)cc(OON)cc1Br)C2=O)(c1ccc2c(c1)C(=O)N(c1c(Br)cc([N+](=O)[O-])cc1Br)C2=O)C(F)(F)F. The van der Waals surface area contributed by atoms with E-state index in [4.69, 9.17) is 10.8 Å². The lowest BCUT2D eigenvalue weighted by Gasteiger charge is -2.33. The summed E-state index contributed by atoms with van der Waals surface area (Å²) >= 11 is 12.8. The number of benzene rings is 4. The third-order valence-electron chi connectivity index (χ3n) is 8.29. The molecule has 0 fully saturated rings. The third-order valence-corrected chi connectivity index (χ3v) is 10.7. The number of nitrogens with zero attached hydrogens (tertiary/aromatic N) is 3. The fourth-order valence-electron chi connectivity index (χ4n) is 5.73. The number of rotatable bonds is 7. The first-order chi connectivity index (χ1) is 23.4. The number of halogens is 7. The van der Waals surface area contributed by atoms with Crippen molar-refractivity contribution in [2.45, 2.75) is 18.5 Å². The maximum atomic E-state index is 15.2. The first kappa shape index (κ1) is 35.8. The Kier molecular flexibility index (Phi) is 9.05. The van der Waals surface area contributed by atoms with Crippen LogP contribution in [0.25, 0.3) is 0 Å². The molecule has 0 spiro atoms. The topological polar surface area (TPSA) is 162 Å². The van der Waals surface area contributed by atoms with Crippen LogP contribution in [0, 0.1) is 10.1 Å². The largest absolute Gasteiger partial charge is 0.402 e. The number of imide groups is 2. The van der Waals surface area contributed by atoms with Gasteiger partial charge in [0.05, 0.1) is 38.6 Å². The summed E-state index contributed by atoms with van der Waals surface area (Å²) in [4.78, 5) is 75.2. The van der Waals surface area contributed by atoms with Crippen molar-refractivity contribution in [2.24, 2.45) is 5.90 Å². The number of amides is 4. The van der Waals surface area contributed by atoms with Crippen molar-refractivity contribution >= 4 is 104 Å². The van der Waals surface area contributed by atoms with Crippen LogP contribution in [0.3, 0.4) is 0 Å². The maximum absolute atomic E-state index is 15.2. The molecule has 2 N–H and O–H groups in total. The number of non-ortho nitro benzene ring substituents is 1. The van der Waals surface area contributed by atoms with E-state index in [2.05, 4.69) is 68.7 Å². The number of anilines is 2. The highest BCUT2D eigenvalue weighted by Gasteiger charge is 2.55. The average Bonchev–Trinajstić information content (AvgIpc) is 3.43. The van der Waals surface area contributed by atoms with Crippen LogP contribution in [0.15, 0.2) is 78.6 Å². The van der Waals surface area contributed by atoms with Gasteiger partial charge in [-0.3, -0.25) is 29.3 Å². The predicted octanol–water partition coefficient (Wildman–Crippen LogP) is 8.30. The normalized spacial score (nSPS) is 15.4. The Labute approximate surface area is 311 Å². The lowest BCUT2D eigenvalue weighted by atomic mass is 9.74. The van der Waals surface area contributed by atoms with Gasteiger partial charge in [0.1, 0.15) is 5.41 Å². The number of carbonyl (C=O) groups excluding carboxylic acids is 4. The third kappa shape index (κ3) is 5.46. The van der Waals surface area contributed by atoms with Gasteiger partial charge in [0, 0.05) is 42.2 Å². The van der Waals surface area contributed by atoms with Crippen molar-refractivity contribution in [3.63, 3.8) is 0 Å². The highest BCUT2D eigenvalue weighted by Crippen LogP contribution is 2.49. The molecular formula is C31H15Br4F3N4O8. The van der Waals surface area contributed by atoms with Gasteiger partial charge in [0.2, 0.25) is 0 Å². The fourth-order valence-corrected chi connectivity index (χ4v) is 8.75. The van der Waals surface area contributed by atoms with E-state index in [1.807, 2.05) is 0 Å². The molecule has 12 nitrogen and oxygen atoms in total. The van der Waals surface area contributed by atoms with E-state index in [9.17, 15) is 29.3 Å². The van der Waals surface area contributed by atoms with Crippen molar-refractivity contribution in [3.05, 3.63) is 122 Å². The van der Waals surface area contributed by atoms with Crippen molar-refractivity contribution in [1.29, 1.82) is 0 Å². The molecular weight excluding hydrogens is 933 g/mol. The number of hydrogen-bond donors (Lipinski definition) is 1. The lowest BCUT2D eigenvalue weighted by Crippen LogP contribution is -2.41. The van der Waals surface area contributed by atoms with Gasteiger partial charge in [0.15, 0.2) is 5.75 Å². The maximum Gasteiger partial charge on any atom is 0.402 e. The number of nitro benzene ring substituents is 1. The second-order valence-corrected chi connectivity index (χ2v) is 14.4. The number of nitrogens with two attached hydrogens (primary N) is 1. The zero-order valence-electron chi connectivity index (χ0n) is 24.6. The van der Waals surface area contributed by atoms with E-state index in [0.29, 0.717) is 4.90 Å². The van der Waals surface area contributed by atoms with Gasteiger partial charge in [-0.2, -0.15) is 19.1 Å². The van der Waals surface area contributed by atoms with E-state index < -0.39 is 51.3 Å². The summed E-state index contributed by atoms with van der Waals surface area (Å²) < 4.78 is 46.0. The molecule has 0 aliphatic carbocycles. The van der Waals surface area contributed by atoms with Gasteiger partial charge in [-0.15, -0.1) is 0 Å². The molecule has 1 atom stereocenters. The standard InChI is InChI=1S/C31H15Br4F3N4O8/c1-30(31(36,37)38,12-2-4-16-18(6-12)28(45)40(26(16)43)24-20(32)8-14(42(47)48)9-21(24)33)13-3-5-17-19(7-13)29(46)41(27(17)44)25-22(34)10-15(49-50-39)11-23(25)35/h2-11H,39H2,1H3. The van der Waals surface area contributed by atoms with E-state index in [1.165, 1.54) is 12.1 Å². The van der Waals surface area contributed by atoms with Crippen molar-refractivity contribution in [3.8, 4) is 5.75 Å². The van der Waals surface area contributed by atoms with Crippen LogP contribution in [0.5, 0.6) is 5.75 Å². The number of carbonyl (C=O) groups is 4. The summed E-state index contributed by atoms with van der Waals surface area (Å²) in [5.41, 5.74) is -5.13. The number of alkyl halides is 3. The van der Waals surface area contributed by atoms with Gasteiger partial charge in [-0.25, -0.2) is 9.80 Å². The summed E-state index contributed by atoms with van der Waals surface area (Å²) in [6.07, 6.45) is -5.02. The minimum absolute atomic E-state index is 0.00717. The molecule has 50 heavy (non-hydrogen) atoms. The first-order valence-electron chi connectivity index (χ1n) is 13.7. The summed E-state index contributed by atoms with van der Waals surface area (Å²) in [6, 6.07) is 11.1. The molecule has 0 saturated carbocycles. The zero-order valence-corrected chi connectivity index (χ0v) is 30.9. The fraction of sp³-hybridized carbons (Fsp3) is 0.0968. The van der Waals surface area contributed by atoms with Gasteiger partial charge < -0.3 is 4.89 Å². The van der Waals surface area contributed by atoms with Gasteiger partial charge >= 0.3 is 6.18 Å². The molecule has 0 saturated heterocycles. The molecule has 0 radical (unpaired) electrons. The summed E-state index contributed by atoms with van der Waals surface area (Å²) in [6.45, 7) is 0.851. The molecule has 4 amide bonds. The van der Waals surface area contributed by atoms with Crippen LogP contribution < -0.4 is 20.6 Å². The second-order valence-electron chi connectivity index (χ2n) is 11.0. The van der Waals surface area contributed by atoms with Crippen LogP contribution in [0.2, 0.25) is 0 Å². The second kappa shape index (κ2) is 12.6. The molecule has 4 aromatic carbocycles. The van der Waals surface area contributed by atoms with Crippen LogP contribution in [-0.4, -0.2) is 34.7 Å². The predicted molar refractivity (Wildman–Crippen MR) is 184 cm³/mol. The Balaban J connectivity index is 1.42. The van der Waals surface area contributed by atoms with E-state index >= 15 is 13.2 Å². The number of nitro groups is 1. The highest BCUT2D eigenvalue weighted by molar-refractivity contribution is 9.11. The first-order valence-corrected chi connectivity index (χ1v) is 16.9. The summed E-state index contributed by atoms with van der Waals surface area (Å²) in [5.74, 6) is 1.48. The van der Waals surface area contributed by atoms with E-state index in [-0.39, 0.29) is 63.0 Å². The van der Waals surface area contributed by atoms with Crippen LogP contribution in [0.4, 0.5) is 30.2 Å². The minimum Gasteiger partial charge on any atom is -0.320 e. The molecule has 0 aromatic heterocycles. The molecule has 2 aliphatic rings. The Hall–Kier alpha value is -4.01. The van der Waals surface area contributed by atoms with Crippen LogP contribution >= 0.6 is 63.7 Å². The number of hydrogen-bond acceptors (Lipinski definition) is 9. The van der Waals surface area contributed by atoms with Crippen molar-refractivity contribution in [2.75, 3.05) is 9.80 Å². The smallest absolute Gasteiger partial charge is 0.320 e. The average molecular weight is 948 g/mol. The van der Waals surface area contributed by atoms with Gasteiger partial charge in [0.25, 0.3) is 29.3 Å². The Bertz CT molecular complexity index is 2190. The molecule has 4 aromatic rings. The molecule has 256 valence electrons. The van der Waals surface area contributed by atoms with Crippen LogP contribution in [0.1, 0.15) is 59.5 Å². The molecule has 0 bridgehead atoms. The Morgan fingerprint density at radius 1 is 0.680 bits per heavy atom. The molecule has 2 aliphatic heterocycles. The van der Waals surface area contributed by atoms with Crippen molar-refractivity contribution < 1.29 is 47.1 Å². The van der Waals surface area contributed by atoms with Crippen molar-refractivity contribution in [1.82, 2.24) is 0 Å². The molecule has 2 heterocycles. The van der Waals surface area contributed by atoms with E-state index in [0.717, 1.165) is 60.4 Å². The molecule has 1 unspecified atom stereocenters. The van der Waals surface area contributed by atoms with Crippen LogP contribution in [-0.2, 0) is 10.4 Å². The zero-order chi connectivity index (χ0) is 36.6. The minimum atomic E-state index is -5.02. The van der Waals surface area contributed by atoms with Gasteiger partial charge in [-0.05, 0) is 106 Å². The Morgan fingerprint density at radius 3 is 1.42 bits per heavy atom. The summed E-state index contributed by atoms with van der Waals surface area (Å²) in [7, 11) is 0. The summed E-state index contributed by atoms with van der Waals surface area (Å²) in [5, 5.41) is 11.3. The highest BCUT2D eigenvalue weighted by atomic mass is 79.9. The number of fused-ring (bicyclic) bond motifs is 2. The molecule has 6 rings (SSSR count). The quantitative estimate of drug-likeness (QED) is 0.0832. The molecule has 19 heteroatoms. The van der Waals surface area contributed by atoms with Gasteiger partial charge in [-0.1, -0.05) is 17.1 Å². The lowest BCUT2D eigenvalue weighted by molar-refractivity contribution is -0.385. The van der Waals surface area contributed by atoms with E-state index in [1.54, 1.807) is 0 Å². The monoisotopic (exact) mass is 944 g/mol. The Morgan fingerprint density at radius 2 is 1.06 bits per heavy atom.